The monoisotopic (exact) mass is 372 g/mol. The molecule has 0 saturated carbocycles. The summed E-state index contributed by atoms with van der Waals surface area (Å²) in [6.07, 6.45) is 5.55. The Kier molecular flexibility index (Phi) is 3.45. The van der Waals surface area contributed by atoms with Crippen LogP contribution >= 0.6 is 15.9 Å². The maximum atomic E-state index is 11.7. The van der Waals surface area contributed by atoms with Gasteiger partial charge in [0.25, 0.3) is 0 Å². The first-order valence-corrected chi connectivity index (χ1v) is 8.04. The molecule has 1 aliphatic rings. The van der Waals surface area contributed by atoms with Crippen LogP contribution in [0.25, 0.3) is 5.65 Å². The number of hydrogen-bond donors (Lipinski definition) is 2. The average molecular weight is 373 g/mol. The number of anilines is 3. The SMILES string of the molecule is O=C1CCCc2ccc(Nc3nc(Br)cn4ncnc34)cc2N1. The number of hydrogen-bond acceptors (Lipinski definition) is 5. The second-order valence-corrected chi connectivity index (χ2v) is 6.15. The third-order valence-corrected chi connectivity index (χ3v) is 4.11. The Bertz CT molecular complexity index is 906. The number of aryl methyl sites for hydroxylation is 1. The summed E-state index contributed by atoms with van der Waals surface area (Å²) >= 11 is 3.36. The number of rotatable bonds is 2. The molecule has 0 bridgehead atoms. The van der Waals surface area contributed by atoms with Gasteiger partial charge >= 0.3 is 0 Å². The van der Waals surface area contributed by atoms with E-state index in [0.717, 1.165) is 29.8 Å². The van der Waals surface area contributed by atoms with Crippen molar-refractivity contribution in [2.24, 2.45) is 0 Å². The minimum absolute atomic E-state index is 0.0568. The summed E-state index contributed by atoms with van der Waals surface area (Å²) in [5.41, 5.74) is 3.47. The minimum atomic E-state index is 0.0568. The van der Waals surface area contributed by atoms with Crippen molar-refractivity contribution in [3.05, 3.63) is 40.9 Å². The van der Waals surface area contributed by atoms with Gasteiger partial charge in [0.15, 0.2) is 11.5 Å². The molecule has 3 aromatic rings. The fourth-order valence-corrected chi connectivity index (χ4v) is 3.03. The third kappa shape index (κ3) is 2.77. The van der Waals surface area contributed by atoms with Gasteiger partial charge < -0.3 is 10.6 Å². The Hall–Kier alpha value is -2.48. The fourth-order valence-electron chi connectivity index (χ4n) is 2.66. The van der Waals surface area contributed by atoms with E-state index in [0.29, 0.717) is 22.5 Å². The highest BCUT2D eigenvalue weighted by atomic mass is 79.9. The van der Waals surface area contributed by atoms with E-state index < -0.39 is 0 Å². The van der Waals surface area contributed by atoms with Crippen molar-refractivity contribution in [1.29, 1.82) is 0 Å². The normalized spacial score (nSPS) is 14.2. The lowest BCUT2D eigenvalue weighted by molar-refractivity contribution is -0.116. The number of carbonyl (C=O) groups is 1. The van der Waals surface area contributed by atoms with Crippen molar-refractivity contribution in [3.63, 3.8) is 0 Å². The van der Waals surface area contributed by atoms with Gasteiger partial charge in [-0.05, 0) is 46.5 Å². The second kappa shape index (κ2) is 5.62. The minimum Gasteiger partial charge on any atom is -0.337 e. The lowest BCUT2D eigenvalue weighted by Crippen LogP contribution is -2.09. The van der Waals surface area contributed by atoms with Crippen molar-refractivity contribution in [3.8, 4) is 0 Å². The summed E-state index contributed by atoms with van der Waals surface area (Å²) in [5.74, 6) is 0.651. The first kappa shape index (κ1) is 14.1. The predicted molar refractivity (Wildman–Crippen MR) is 89.8 cm³/mol. The van der Waals surface area contributed by atoms with Gasteiger partial charge in [0.2, 0.25) is 5.91 Å². The predicted octanol–water partition coefficient (Wildman–Crippen LogP) is 2.91. The van der Waals surface area contributed by atoms with Gasteiger partial charge in [-0.25, -0.2) is 14.5 Å². The lowest BCUT2D eigenvalue weighted by atomic mass is 10.1. The van der Waals surface area contributed by atoms with Crippen LogP contribution in [0.1, 0.15) is 18.4 Å². The molecule has 0 fully saturated rings. The highest BCUT2D eigenvalue weighted by Crippen LogP contribution is 2.28. The Morgan fingerprint density at radius 2 is 2.22 bits per heavy atom. The number of amides is 1. The Labute approximate surface area is 140 Å². The van der Waals surface area contributed by atoms with E-state index >= 15 is 0 Å². The average Bonchev–Trinajstić information content (AvgIpc) is 2.89. The Morgan fingerprint density at radius 1 is 1.30 bits per heavy atom. The molecular formula is C15H13BrN6O. The van der Waals surface area contributed by atoms with Crippen molar-refractivity contribution in [1.82, 2.24) is 19.6 Å². The zero-order chi connectivity index (χ0) is 15.8. The largest absolute Gasteiger partial charge is 0.337 e. The number of benzene rings is 1. The van der Waals surface area contributed by atoms with E-state index in [2.05, 4.69) is 41.6 Å². The van der Waals surface area contributed by atoms with Crippen LogP contribution in [0.15, 0.2) is 35.3 Å². The molecule has 2 N–H and O–H groups in total. The van der Waals surface area contributed by atoms with Crippen LogP contribution < -0.4 is 10.6 Å². The zero-order valence-electron chi connectivity index (χ0n) is 12.1. The number of fused-ring (bicyclic) bond motifs is 2. The fraction of sp³-hybridized carbons (Fsp3) is 0.200. The van der Waals surface area contributed by atoms with Gasteiger partial charge in [0, 0.05) is 17.8 Å². The lowest BCUT2D eigenvalue weighted by Gasteiger charge is -2.11. The first-order valence-electron chi connectivity index (χ1n) is 7.25. The summed E-state index contributed by atoms with van der Waals surface area (Å²) in [5, 5.41) is 10.3. The van der Waals surface area contributed by atoms with Crippen LogP contribution in [0.3, 0.4) is 0 Å². The maximum Gasteiger partial charge on any atom is 0.224 e. The number of carbonyl (C=O) groups excluding carboxylic acids is 1. The quantitative estimate of drug-likeness (QED) is 0.722. The van der Waals surface area contributed by atoms with E-state index in [1.165, 1.54) is 6.33 Å². The van der Waals surface area contributed by atoms with E-state index in [9.17, 15) is 4.79 Å². The molecule has 0 aliphatic carbocycles. The molecule has 4 rings (SSSR count). The van der Waals surface area contributed by atoms with Crippen molar-refractivity contribution in [2.45, 2.75) is 19.3 Å². The second-order valence-electron chi connectivity index (χ2n) is 5.34. The molecule has 23 heavy (non-hydrogen) atoms. The summed E-state index contributed by atoms with van der Waals surface area (Å²) in [6.45, 7) is 0. The van der Waals surface area contributed by atoms with Crippen molar-refractivity contribution < 1.29 is 4.79 Å². The molecule has 0 unspecified atom stereocenters. The third-order valence-electron chi connectivity index (χ3n) is 3.73. The molecule has 0 saturated heterocycles. The van der Waals surface area contributed by atoms with Crippen LogP contribution in [0.4, 0.5) is 17.2 Å². The number of halogens is 1. The summed E-state index contributed by atoms with van der Waals surface area (Å²) in [4.78, 5) is 20.3. The molecule has 1 aromatic carbocycles. The summed E-state index contributed by atoms with van der Waals surface area (Å²) in [7, 11) is 0. The number of nitrogens with zero attached hydrogens (tertiary/aromatic N) is 4. The molecule has 0 atom stereocenters. The smallest absolute Gasteiger partial charge is 0.224 e. The van der Waals surface area contributed by atoms with Crippen molar-refractivity contribution in [2.75, 3.05) is 10.6 Å². The van der Waals surface area contributed by atoms with Crippen LogP contribution in [0.5, 0.6) is 0 Å². The van der Waals surface area contributed by atoms with Gasteiger partial charge in [-0.2, -0.15) is 5.10 Å². The molecular weight excluding hydrogens is 360 g/mol. The van der Waals surface area contributed by atoms with Gasteiger partial charge in [0.1, 0.15) is 10.9 Å². The summed E-state index contributed by atoms with van der Waals surface area (Å²) in [6, 6.07) is 5.93. The highest BCUT2D eigenvalue weighted by Gasteiger charge is 2.14. The topological polar surface area (TPSA) is 84.2 Å². The van der Waals surface area contributed by atoms with Crippen molar-refractivity contribution >= 4 is 44.7 Å². The molecule has 0 spiro atoms. The standard InChI is InChI=1S/C15H13BrN6O/c16-12-7-22-15(17-8-18-22)14(21-12)19-10-5-4-9-2-1-3-13(23)20-11(9)6-10/h4-8H,1-3H2,(H,19,21)(H,20,23). The molecule has 1 amide bonds. The van der Waals surface area contributed by atoms with Crippen LogP contribution in [-0.2, 0) is 11.2 Å². The van der Waals surface area contributed by atoms with E-state index in [1.54, 1.807) is 10.7 Å². The van der Waals surface area contributed by atoms with E-state index in [1.807, 2.05) is 18.2 Å². The van der Waals surface area contributed by atoms with Gasteiger partial charge in [-0.15, -0.1) is 0 Å². The van der Waals surface area contributed by atoms with E-state index in [-0.39, 0.29) is 5.91 Å². The first-order chi connectivity index (χ1) is 11.2. The zero-order valence-corrected chi connectivity index (χ0v) is 13.7. The number of nitrogens with one attached hydrogen (secondary N) is 2. The molecule has 116 valence electrons. The molecule has 0 radical (unpaired) electrons. The molecule has 7 nitrogen and oxygen atoms in total. The molecule has 2 aromatic heterocycles. The van der Waals surface area contributed by atoms with E-state index in [4.69, 9.17) is 0 Å². The summed E-state index contributed by atoms with van der Waals surface area (Å²) < 4.78 is 2.30. The molecule has 1 aliphatic heterocycles. The Balaban J connectivity index is 1.71. The Morgan fingerprint density at radius 3 is 3.13 bits per heavy atom. The highest BCUT2D eigenvalue weighted by molar-refractivity contribution is 9.10. The van der Waals surface area contributed by atoms with Gasteiger partial charge in [0.05, 0.1) is 6.20 Å². The van der Waals surface area contributed by atoms with Crippen LogP contribution in [0.2, 0.25) is 0 Å². The van der Waals surface area contributed by atoms with Crippen LogP contribution in [-0.4, -0.2) is 25.5 Å². The molecule has 3 heterocycles. The maximum absolute atomic E-state index is 11.7. The number of aromatic nitrogens is 4. The van der Waals surface area contributed by atoms with Gasteiger partial charge in [-0.1, -0.05) is 6.07 Å². The van der Waals surface area contributed by atoms with Gasteiger partial charge in [-0.3, -0.25) is 4.79 Å². The van der Waals surface area contributed by atoms with Crippen LogP contribution in [0, 0.1) is 0 Å². The molecule has 8 heteroatoms.